The van der Waals surface area contributed by atoms with E-state index >= 15 is 0 Å². The normalized spacial score (nSPS) is 25.0. The number of hydrogen-bond donors (Lipinski definition) is 0. The Hall–Kier alpha value is -2.18. The summed E-state index contributed by atoms with van der Waals surface area (Å²) in [5, 5.41) is 0. The number of hydrogen-bond acceptors (Lipinski definition) is 5. The van der Waals surface area contributed by atoms with E-state index in [0.29, 0.717) is 11.8 Å². The molecule has 0 spiro atoms. The lowest BCUT2D eigenvalue weighted by Gasteiger charge is -2.43. The maximum Gasteiger partial charge on any atom is 0.250 e. The molecule has 0 radical (unpaired) electrons. The molecule has 6 heteroatoms. The highest BCUT2D eigenvalue weighted by Gasteiger charge is 2.34. The highest BCUT2D eigenvalue weighted by atomic mass is 16.1. The first kappa shape index (κ1) is 18.8. The first-order valence-electron chi connectivity index (χ1n) is 11.1. The quantitative estimate of drug-likeness (QED) is 0.776. The van der Waals surface area contributed by atoms with Gasteiger partial charge in [-0.1, -0.05) is 12.1 Å². The van der Waals surface area contributed by atoms with Crippen molar-refractivity contribution in [3.05, 3.63) is 58.6 Å². The van der Waals surface area contributed by atoms with Crippen LogP contribution in [0.15, 0.2) is 47.4 Å². The highest BCUT2D eigenvalue weighted by molar-refractivity contribution is 5.38. The van der Waals surface area contributed by atoms with Gasteiger partial charge in [0.25, 0.3) is 5.56 Å². The third kappa shape index (κ3) is 4.09. The molecule has 0 aromatic carbocycles. The molecular weight excluding hydrogens is 362 g/mol. The standard InChI is InChI=1S/C23H31N5O/c29-23-7-3-5-21-20-15-19(17-28(21)23)16-26(18-20)10-4-9-25-11-13-27(14-12-25)22-6-1-2-8-24-22/h1-3,5-8,19-20H,4,9-18H2/t19-,20+/m0/s1. The van der Waals surface area contributed by atoms with Gasteiger partial charge in [0.15, 0.2) is 0 Å². The number of nitrogens with zero attached hydrogens (tertiary/aromatic N) is 5. The van der Waals surface area contributed by atoms with Gasteiger partial charge in [0.05, 0.1) is 0 Å². The molecule has 29 heavy (non-hydrogen) atoms. The molecule has 2 aromatic rings. The Morgan fingerprint density at radius 1 is 0.897 bits per heavy atom. The van der Waals surface area contributed by atoms with Gasteiger partial charge < -0.3 is 14.4 Å². The SMILES string of the molecule is O=c1cccc2n1C[C@H]1C[C@@H]2CN(CCCN2CCN(c3ccccn3)CC2)C1. The average Bonchev–Trinajstić information content (AvgIpc) is 2.76. The summed E-state index contributed by atoms with van der Waals surface area (Å²) in [6, 6.07) is 11.9. The van der Waals surface area contributed by atoms with Crippen LogP contribution in [0, 0.1) is 5.92 Å². The lowest BCUT2D eigenvalue weighted by atomic mass is 9.83. The Labute approximate surface area is 172 Å². The lowest BCUT2D eigenvalue weighted by Crippen LogP contribution is -2.49. The topological polar surface area (TPSA) is 44.6 Å². The van der Waals surface area contributed by atoms with E-state index in [1.165, 1.54) is 31.6 Å². The first-order valence-corrected chi connectivity index (χ1v) is 11.1. The van der Waals surface area contributed by atoms with Gasteiger partial charge in [-0.25, -0.2) is 4.98 Å². The van der Waals surface area contributed by atoms with Crippen LogP contribution in [0.1, 0.15) is 24.5 Å². The van der Waals surface area contributed by atoms with Crippen LogP contribution in [0.25, 0.3) is 0 Å². The summed E-state index contributed by atoms with van der Waals surface area (Å²) >= 11 is 0. The predicted octanol–water partition coefficient (Wildman–Crippen LogP) is 1.87. The summed E-state index contributed by atoms with van der Waals surface area (Å²) in [6.07, 6.45) is 4.35. The minimum Gasteiger partial charge on any atom is -0.354 e. The van der Waals surface area contributed by atoms with Crippen LogP contribution < -0.4 is 10.5 Å². The van der Waals surface area contributed by atoms with Crippen LogP contribution >= 0.6 is 0 Å². The van der Waals surface area contributed by atoms with Crippen molar-refractivity contribution in [1.29, 1.82) is 0 Å². The molecule has 5 heterocycles. The lowest BCUT2D eigenvalue weighted by molar-refractivity contribution is 0.114. The third-order valence-corrected chi connectivity index (χ3v) is 6.85. The molecule has 3 aliphatic heterocycles. The first-order chi connectivity index (χ1) is 14.3. The zero-order chi connectivity index (χ0) is 19.6. The predicted molar refractivity (Wildman–Crippen MR) is 115 cm³/mol. The Bertz CT molecular complexity index is 874. The number of rotatable bonds is 5. The van der Waals surface area contributed by atoms with Gasteiger partial charge in [0.2, 0.25) is 0 Å². The third-order valence-electron chi connectivity index (χ3n) is 6.85. The number of fused-ring (bicyclic) bond motifs is 4. The Balaban J connectivity index is 1.09. The summed E-state index contributed by atoms with van der Waals surface area (Å²) in [7, 11) is 0. The van der Waals surface area contributed by atoms with Crippen molar-refractivity contribution in [2.45, 2.75) is 25.3 Å². The van der Waals surface area contributed by atoms with Crippen molar-refractivity contribution in [3.63, 3.8) is 0 Å². The van der Waals surface area contributed by atoms with Crippen molar-refractivity contribution >= 4 is 5.82 Å². The molecule has 0 amide bonds. The summed E-state index contributed by atoms with van der Waals surface area (Å²) in [4.78, 5) is 24.3. The zero-order valence-electron chi connectivity index (χ0n) is 17.1. The van der Waals surface area contributed by atoms with Crippen molar-refractivity contribution in [3.8, 4) is 0 Å². The number of piperidine rings is 1. The van der Waals surface area contributed by atoms with Gasteiger partial charge in [-0.2, -0.15) is 0 Å². The van der Waals surface area contributed by atoms with Crippen LogP contribution in [-0.2, 0) is 6.54 Å². The van der Waals surface area contributed by atoms with Crippen molar-refractivity contribution in [1.82, 2.24) is 19.4 Å². The zero-order valence-corrected chi connectivity index (χ0v) is 17.1. The van der Waals surface area contributed by atoms with Gasteiger partial charge in [0, 0.05) is 69.7 Å². The second-order valence-corrected chi connectivity index (χ2v) is 8.83. The second-order valence-electron chi connectivity index (χ2n) is 8.83. The van der Waals surface area contributed by atoms with E-state index in [1.54, 1.807) is 6.07 Å². The van der Waals surface area contributed by atoms with E-state index in [9.17, 15) is 4.79 Å². The van der Waals surface area contributed by atoms with Crippen LogP contribution in [0.2, 0.25) is 0 Å². The molecule has 5 rings (SSSR count). The second kappa shape index (κ2) is 8.28. The van der Waals surface area contributed by atoms with E-state index in [1.807, 2.05) is 22.9 Å². The largest absolute Gasteiger partial charge is 0.354 e. The average molecular weight is 394 g/mol. The minimum absolute atomic E-state index is 0.176. The molecule has 2 aromatic heterocycles. The number of anilines is 1. The van der Waals surface area contributed by atoms with Gasteiger partial charge in [-0.15, -0.1) is 0 Å². The fourth-order valence-corrected chi connectivity index (χ4v) is 5.44. The minimum atomic E-state index is 0.176. The molecule has 0 unspecified atom stereocenters. The van der Waals surface area contributed by atoms with Crippen molar-refractivity contribution < 1.29 is 0 Å². The molecule has 3 aliphatic rings. The van der Waals surface area contributed by atoms with Gasteiger partial charge in [0.1, 0.15) is 5.82 Å². The summed E-state index contributed by atoms with van der Waals surface area (Å²) < 4.78 is 2.03. The molecule has 0 saturated carbocycles. The van der Waals surface area contributed by atoms with E-state index in [0.717, 1.165) is 51.6 Å². The molecule has 154 valence electrons. The van der Waals surface area contributed by atoms with E-state index in [4.69, 9.17) is 0 Å². The molecule has 2 atom stereocenters. The Morgan fingerprint density at radius 3 is 2.59 bits per heavy atom. The Kier molecular flexibility index (Phi) is 5.38. The summed E-state index contributed by atoms with van der Waals surface area (Å²) in [6.45, 7) is 9.88. The van der Waals surface area contributed by atoms with E-state index in [-0.39, 0.29) is 5.56 Å². The van der Waals surface area contributed by atoms with Crippen LogP contribution in [0.3, 0.4) is 0 Å². The molecule has 0 N–H and O–H groups in total. The molecular formula is C23H31N5O. The fraction of sp³-hybridized carbons (Fsp3) is 0.565. The van der Waals surface area contributed by atoms with Gasteiger partial charge in [-0.05, 0) is 50.0 Å². The molecule has 0 aliphatic carbocycles. The molecule has 2 fully saturated rings. The van der Waals surface area contributed by atoms with E-state index in [2.05, 4.69) is 37.9 Å². The van der Waals surface area contributed by atoms with Crippen LogP contribution in [0.4, 0.5) is 5.82 Å². The van der Waals surface area contributed by atoms with Gasteiger partial charge >= 0.3 is 0 Å². The van der Waals surface area contributed by atoms with Crippen molar-refractivity contribution in [2.24, 2.45) is 5.92 Å². The molecule has 2 bridgehead atoms. The number of likely N-dealkylation sites (tertiary alicyclic amines) is 1. The fourth-order valence-electron chi connectivity index (χ4n) is 5.44. The summed E-state index contributed by atoms with van der Waals surface area (Å²) in [5.74, 6) is 2.26. The van der Waals surface area contributed by atoms with Crippen molar-refractivity contribution in [2.75, 3.05) is 57.3 Å². The van der Waals surface area contributed by atoms with Crippen LogP contribution in [-0.4, -0.2) is 71.7 Å². The number of piperazine rings is 1. The highest BCUT2D eigenvalue weighted by Crippen LogP contribution is 2.34. The van der Waals surface area contributed by atoms with Gasteiger partial charge in [-0.3, -0.25) is 9.69 Å². The smallest absolute Gasteiger partial charge is 0.250 e. The number of pyridine rings is 2. The Morgan fingerprint density at radius 2 is 1.76 bits per heavy atom. The maximum absolute atomic E-state index is 12.2. The van der Waals surface area contributed by atoms with E-state index < -0.39 is 0 Å². The molecule has 2 saturated heterocycles. The van der Waals surface area contributed by atoms with Crippen LogP contribution in [0.5, 0.6) is 0 Å². The molecule has 6 nitrogen and oxygen atoms in total. The maximum atomic E-state index is 12.2. The number of aromatic nitrogens is 2. The summed E-state index contributed by atoms with van der Waals surface area (Å²) in [5.41, 5.74) is 1.43. The monoisotopic (exact) mass is 393 g/mol.